The number of esters is 1. The summed E-state index contributed by atoms with van der Waals surface area (Å²) in [5, 5.41) is 0. The van der Waals surface area contributed by atoms with Gasteiger partial charge in [-0.05, 0) is 48.6 Å². The van der Waals surface area contributed by atoms with Crippen molar-refractivity contribution < 1.29 is 19.1 Å². The normalized spacial score (nSPS) is 14.2. The first-order valence-electron chi connectivity index (χ1n) is 9.25. The lowest BCUT2D eigenvalue weighted by atomic mass is 9.99. The average molecular weight is 367 g/mol. The van der Waals surface area contributed by atoms with E-state index in [0.29, 0.717) is 19.5 Å². The third-order valence-electron chi connectivity index (χ3n) is 4.88. The maximum Gasteiger partial charge on any atom is 0.306 e. The minimum Gasteiger partial charge on any atom is -0.497 e. The van der Waals surface area contributed by atoms with Crippen molar-refractivity contribution in [2.75, 3.05) is 13.7 Å². The maximum absolute atomic E-state index is 12.6. The number of benzene rings is 2. The summed E-state index contributed by atoms with van der Waals surface area (Å²) in [6.45, 7) is 2.88. The van der Waals surface area contributed by atoms with Crippen molar-refractivity contribution >= 4 is 11.9 Å². The van der Waals surface area contributed by atoms with Gasteiger partial charge in [0.2, 0.25) is 0 Å². The van der Waals surface area contributed by atoms with E-state index >= 15 is 0 Å². The van der Waals surface area contributed by atoms with E-state index in [0.717, 1.165) is 23.3 Å². The second-order valence-corrected chi connectivity index (χ2v) is 6.76. The van der Waals surface area contributed by atoms with Gasteiger partial charge in [-0.3, -0.25) is 9.59 Å². The van der Waals surface area contributed by atoms with E-state index in [1.165, 1.54) is 5.56 Å². The SMILES string of the molecule is COc1ccc(CCC(=O)OC(C)C(=O)N2CCc3ccccc3C2)cc1. The molecule has 5 heteroatoms. The average Bonchev–Trinajstić information content (AvgIpc) is 2.71. The van der Waals surface area contributed by atoms with Gasteiger partial charge in [-0.1, -0.05) is 36.4 Å². The van der Waals surface area contributed by atoms with Crippen LogP contribution in [0.5, 0.6) is 5.75 Å². The molecule has 1 atom stereocenters. The monoisotopic (exact) mass is 367 g/mol. The highest BCUT2D eigenvalue weighted by atomic mass is 16.5. The van der Waals surface area contributed by atoms with Crippen molar-refractivity contribution in [2.45, 2.75) is 38.8 Å². The van der Waals surface area contributed by atoms with E-state index in [-0.39, 0.29) is 18.3 Å². The Kier molecular flexibility index (Phi) is 6.12. The summed E-state index contributed by atoms with van der Waals surface area (Å²) in [5.41, 5.74) is 3.47. The molecule has 0 aromatic heterocycles. The molecule has 0 saturated heterocycles. The molecule has 0 spiro atoms. The largest absolute Gasteiger partial charge is 0.497 e. The van der Waals surface area contributed by atoms with Crippen molar-refractivity contribution in [2.24, 2.45) is 0 Å². The van der Waals surface area contributed by atoms with Crippen molar-refractivity contribution in [3.8, 4) is 5.75 Å². The lowest BCUT2D eigenvalue weighted by molar-refractivity contribution is -0.159. The van der Waals surface area contributed by atoms with Crippen molar-refractivity contribution in [1.29, 1.82) is 0 Å². The Balaban J connectivity index is 1.48. The van der Waals surface area contributed by atoms with Crippen LogP contribution in [0, 0.1) is 0 Å². The Morgan fingerprint density at radius 3 is 2.48 bits per heavy atom. The lowest BCUT2D eigenvalue weighted by Crippen LogP contribution is -2.42. The Morgan fingerprint density at radius 1 is 1.07 bits per heavy atom. The number of rotatable bonds is 6. The summed E-state index contributed by atoms with van der Waals surface area (Å²) in [6, 6.07) is 15.7. The molecule has 1 unspecified atom stereocenters. The zero-order valence-electron chi connectivity index (χ0n) is 15.8. The Labute approximate surface area is 159 Å². The van der Waals surface area contributed by atoms with Gasteiger partial charge in [0, 0.05) is 19.5 Å². The number of nitrogens with zero attached hydrogens (tertiary/aromatic N) is 1. The molecule has 2 aromatic rings. The standard InChI is InChI=1S/C22H25NO4/c1-16(22(25)23-14-13-18-5-3-4-6-19(18)15-23)27-21(24)12-9-17-7-10-20(26-2)11-8-17/h3-8,10-11,16H,9,12-15H2,1-2H3. The summed E-state index contributed by atoms with van der Waals surface area (Å²) in [4.78, 5) is 26.5. The molecule has 1 heterocycles. The number of methoxy groups -OCH3 is 1. The molecule has 5 nitrogen and oxygen atoms in total. The first-order valence-corrected chi connectivity index (χ1v) is 9.25. The summed E-state index contributed by atoms with van der Waals surface area (Å²) < 4.78 is 10.5. The highest BCUT2D eigenvalue weighted by Crippen LogP contribution is 2.19. The molecule has 27 heavy (non-hydrogen) atoms. The molecular weight excluding hydrogens is 342 g/mol. The first kappa shape index (κ1) is 19.0. The number of fused-ring (bicyclic) bond motifs is 1. The zero-order chi connectivity index (χ0) is 19.2. The summed E-state index contributed by atoms with van der Waals surface area (Å²) in [5.74, 6) is 0.287. The highest BCUT2D eigenvalue weighted by molar-refractivity contribution is 5.83. The maximum atomic E-state index is 12.6. The fraction of sp³-hybridized carbons (Fsp3) is 0.364. The van der Waals surface area contributed by atoms with E-state index in [4.69, 9.17) is 9.47 Å². The molecule has 0 fully saturated rings. The van der Waals surface area contributed by atoms with Gasteiger partial charge in [-0.15, -0.1) is 0 Å². The van der Waals surface area contributed by atoms with E-state index in [9.17, 15) is 9.59 Å². The molecule has 1 aliphatic rings. The van der Waals surface area contributed by atoms with Gasteiger partial charge in [-0.2, -0.15) is 0 Å². The number of hydrogen-bond acceptors (Lipinski definition) is 4. The van der Waals surface area contributed by atoms with Crippen molar-refractivity contribution in [3.63, 3.8) is 0 Å². The number of ether oxygens (including phenoxy) is 2. The molecule has 142 valence electrons. The van der Waals surface area contributed by atoms with Gasteiger partial charge in [-0.25, -0.2) is 0 Å². The van der Waals surface area contributed by atoms with Crippen molar-refractivity contribution in [3.05, 3.63) is 65.2 Å². The van der Waals surface area contributed by atoms with Crippen LogP contribution in [0.4, 0.5) is 0 Å². The minimum atomic E-state index is -0.765. The van der Waals surface area contributed by atoms with Gasteiger partial charge < -0.3 is 14.4 Å². The molecular formula is C22H25NO4. The molecule has 1 aliphatic heterocycles. The molecule has 2 aromatic carbocycles. The molecule has 0 saturated carbocycles. The Hall–Kier alpha value is -2.82. The fourth-order valence-electron chi connectivity index (χ4n) is 3.29. The van der Waals surface area contributed by atoms with Crippen LogP contribution >= 0.6 is 0 Å². The van der Waals surface area contributed by atoms with Gasteiger partial charge in [0.25, 0.3) is 5.91 Å². The molecule has 0 bridgehead atoms. The van der Waals surface area contributed by atoms with Crippen LogP contribution in [-0.4, -0.2) is 36.5 Å². The lowest BCUT2D eigenvalue weighted by Gasteiger charge is -2.30. The predicted octanol–water partition coefficient (Wildman–Crippen LogP) is 3.14. The van der Waals surface area contributed by atoms with Crippen LogP contribution in [0.1, 0.15) is 30.0 Å². The number of hydrogen-bond donors (Lipinski definition) is 0. The quantitative estimate of drug-likeness (QED) is 0.736. The predicted molar refractivity (Wildman–Crippen MR) is 102 cm³/mol. The number of carbonyl (C=O) groups excluding carboxylic acids is 2. The second-order valence-electron chi connectivity index (χ2n) is 6.76. The van der Waals surface area contributed by atoms with Crippen molar-refractivity contribution in [1.82, 2.24) is 4.90 Å². The zero-order valence-corrected chi connectivity index (χ0v) is 15.8. The van der Waals surface area contributed by atoms with E-state index in [1.54, 1.807) is 18.9 Å². The first-order chi connectivity index (χ1) is 13.1. The molecule has 0 N–H and O–H groups in total. The molecule has 1 amide bonds. The van der Waals surface area contributed by atoms with E-state index < -0.39 is 6.10 Å². The van der Waals surface area contributed by atoms with Crippen LogP contribution < -0.4 is 4.74 Å². The minimum absolute atomic E-state index is 0.137. The highest BCUT2D eigenvalue weighted by Gasteiger charge is 2.26. The van der Waals surface area contributed by atoms with E-state index in [1.807, 2.05) is 42.5 Å². The number of carbonyl (C=O) groups is 2. The summed E-state index contributed by atoms with van der Waals surface area (Å²) in [6.07, 6.45) is 0.881. The van der Waals surface area contributed by atoms with Crippen LogP contribution in [0.2, 0.25) is 0 Å². The smallest absolute Gasteiger partial charge is 0.306 e. The molecule has 3 rings (SSSR count). The third-order valence-corrected chi connectivity index (χ3v) is 4.88. The van der Waals surface area contributed by atoms with Crippen LogP contribution in [0.15, 0.2) is 48.5 Å². The number of aryl methyl sites for hydroxylation is 1. The molecule has 0 aliphatic carbocycles. The van der Waals surface area contributed by atoms with Crippen LogP contribution in [0.3, 0.4) is 0 Å². The van der Waals surface area contributed by atoms with Crippen LogP contribution in [0.25, 0.3) is 0 Å². The summed E-state index contributed by atoms with van der Waals surface area (Å²) in [7, 11) is 1.62. The van der Waals surface area contributed by atoms with Crippen LogP contribution in [-0.2, 0) is 33.7 Å². The third kappa shape index (κ3) is 4.88. The van der Waals surface area contributed by atoms with Gasteiger partial charge >= 0.3 is 5.97 Å². The topological polar surface area (TPSA) is 55.8 Å². The van der Waals surface area contributed by atoms with Gasteiger partial charge in [0.05, 0.1) is 7.11 Å². The second kappa shape index (κ2) is 8.71. The number of amides is 1. The van der Waals surface area contributed by atoms with Gasteiger partial charge in [0.1, 0.15) is 5.75 Å². The van der Waals surface area contributed by atoms with Gasteiger partial charge in [0.15, 0.2) is 6.10 Å². The molecule has 0 radical (unpaired) electrons. The summed E-state index contributed by atoms with van der Waals surface area (Å²) >= 11 is 0. The fourth-order valence-corrected chi connectivity index (χ4v) is 3.29. The Morgan fingerprint density at radius 2 is 1.78 bits per heavy atom. The van der Waals surface area contributed by atoms with E-state index in [2.05, 4.69) is 6.07 Å². The Bertz CT molecular complexity index is 800.